The highest BCUT2D eigenvalue weighted by Crippen LogP contribution is 1.86. The Morgan fingerprint density at radius 2 is 2.67 bits per heavy atom. The van der Waals surface area contributed by atoms with Crippen molar-refractivity contribution in [2.75, 3.05) is 0 Å². The van der Waals surface area contributed by atoms with E-state index in [9.17, 15) is 0 Å². The van der Waals surface area contributed by atoms with Crippen LogP contribution in [0, 0.1) is 0 Å². The van der Waals surface area contributed by atoms with Crippen molar-refractivity contribution < 1.29 is 19.6 Å². The molecular weight excluding hydrogens is 78.8 g/mol. The van der Waals surface area contributed by atoms with E-state index in [1.54, 1.807) is 0 Å². The van der Waals surface area contributed by atoms with Crippen LogP contribution in [-0.4, -0.2) is 17.2 Å². The Labute approximate surface area is 47.8 Å². The normalized spacial score (nSPS) is 32.7. The lowest BCUT2D eigenvalue weighted by atomic mass is 9.85. The van der Waals surface area contributed by atoms with Crippen LogP contribution in [0.15, 0.2) is 0 Å². The van der Waals surface area contributed by atoms with E-state index in [-0.39, 0.29) is 0 Å². The maximum Gasteiger partial charge on any atom is 0.451 e. The lowest BCUT2D eigenvalue weighted by Gasteiger charge is -1.87. The summed E-state index contributed by atoms with van der Waals surface area (Å²) in [6, 6.07) is 0. The molecule has 3 heteroatoms. The summed E-state index contributed by atoms with van der Waals surface area (Å²) in [5.74, 6) is 0. The van der Waals surface area contributed by atoms with Crippen LogP contribution in [-0.2, 0) is 0 Å². The van der Waals surface area contributed by atoms with Gasteiger partial charge in [0.15, 0.2) is 0 Å². The molecule has 0 aliphatic rings. The summed E-state index contributed by atoms with van der Waals surface area (Å²) in [4.78, 5) is 0. The molecule has 0 aromatic heterocycles. The first kappa shape index (κ1) is 1.04. The molecule has 2 N–H and O–H groups in total. The molecule has 0 amide bonds. The third-order valence-electron chi connectivity index (χ3n) is 0.201. The van der Waals surface area contributed by atoms with Gasteiger partial charge in [0.25, 0.3) is 0 Å². The van der Waals surface area contributed by atoms with Crippen LogP contribution < -0.4 is 0 Å². The Hall–Kier alpha value is -0.0151. The molecule has 0 aliphatic carbocycles. The minimum atomic E-state index is -3.31. The third kappa shape index (κ3) is 3.98. The standard InChI is InChI=1S/C3H9BO2/c1-2-3-4(5)6/h5-6H,2-3H2,1H3/i1D3,2D2,3D2. The maximum absolute atomic E-state index is 8.47. The van der Waals surface area contributed by atoms with Crippen molar-refractivity contribution in [2.24, 2.45) is 0 Å². The van der Waals surface area contributed by atoms with Crippen LogP contribution in [0.1, 0.15) is 22.8 Å². The Bertz CT molecular complexity index is 187. The van der Waals surface area contributed by atoms with Gasteiger partial charge in [-0.1, -0.05) is 13.2 Å². The van der Waals surface area contributed by atoms with Gasteiger partial charge in [0.2, 0.25) is 0 Å². The van der Waals surface area contributed by atoms with Crippen LogP contribution in [0.5, 0.6) is 0 Å². The first-order valence-electron chi connectivity index (χ1n) is 4.81. The van der Waals surface area contributed by atoms with Gasteiger partial charge in [-0.2, -0.15) is 0 Å². The summed E-state index contributed by atoms with van der Waals surface area (Å²) in [6.45, 7) is -3.25. The second kappa shape index (κ2) is 3.19. The average Bonchev–Trinajstić information content (AvgIpc) is 1.84. The van der Waals surface area contributed by atoms with Crippen LogP contribution in [0.2, 0.25) is 6.27 Å². The summed E-state index contributed by atoms with van der Waals surface area (Å²) in [5, 5.41) is 16.9. The van der Waals surface area contributed by atoms with Gasteiger partial charge in [-0.15, -0.1) is 0 Å². The molecule has 0 bridgehead atoms. The molecule has 0 fully saturated rings. The monoisotopic (exact) mass is 95.1 g/mol. The van der Waals surface area contributed by atoms with Gasteiger partial charge < -0.3 is 10.0 Å². The van der Waals surface area contributed by atoms with Crippen molar-refractivity contribution >= 4 is 7.12 Å². The van der Waals surface area contributed by atoms with Crippen LogP contribution in [0.4, 0.5) is 0 Å². The Kier molecular flexibility index (Phi) is 0.550. The van der Waals surface area contributed by atoms with Crippen molar-refractivity contribution in [2.45, 2.75) is 19.5 Å². The van der Waals surface area contributed by atoms with E-state index in [4.69, 9.17) is 19.6 Å². The molecule has 2 nitrogen and oxygen atoms in total. The fourth-order valence-electron chi connectivity index (χ4n) is 0.0645. The molecule has 0 aromatic carbocycles. The summed E-state index contributed by atoms with van der Waals surface area (Å²) in [7, 11) is -2.68. The second-order valence-corrected chi connectivity index (χ2v) is 0.643. The Morgan fingerprint density at radius 1 is 2.00 bits per heavy atom. The van der Waals surface area contributed by atoms with E-state index in [1.165, 1.54) is 0 Å². The van der Waals surface area contributed by atoms with Gasteiger partial charge in [-0.25, -0.2) is 0 Å². The first-order chi connectivity index (χ1) is 5.44. The topological polar surface area (TPSA) is 40.5 Å². The molecule has 6 heavy (non-hydrogen) atoms. The highest BCUT2D eigenvalue weighted by molar-refractivity contribution is 6.40. The first-order valence-corrected chi connectivity index (χ1v) is 1.31. The zero-order valence-electron chi connectivity index (χ0n) is 9.97. The summed E-state index contributed by atoms with van der Waals surface area (Å²) < 4.78 is 47.6. The fraction of sp³-hybridized carbons (Fsp3) is 1.00. The van der Waals surface area contributed by atoms with E-state index < -0.39 is 26.6 Å². The van der Waals surface area contributed by atoms with E-state index in [1.807, 2.05) is 0 Å². The van der Waals surface area contributed by atoms with Gasteiger partial charge in [-0.05, 0) is 6.27 Å². The second-order valence-electron chi connectivity index (χ2n) is 0.643. The predicted octanol–water partition coefficient (Wildman–Crippen LogP) is -0.131. The van der Waals surface area contributed by atoms with Gasteiger partial charge in [0, 0.05) is 9.60 Å². The molecule has 0 rings (SSSR count). The molecular formula is C3H9BO2. The molecule has 0 aromatic rings. The van der Waals surface area contributed by atoms with Crippen LogP contribution in [0.3, 0.4) is 0 Å². The largest absolute Gasteiger partial charge is 0.451 e. The third-order valence-corrected chi connectivity index (χ3v) is 0.201. The zero-order valence-corrected chi connectivity index (χ0v) is 2.97. The molecule has 0 saturated carbocycles. The molecule has 0 aliphatic heterocycles. The SMILES string of the molecule is [2H]C([2H])([2H])C([2H])([2H])C([2H])([2H])B(O)O. The van der Waals surface area contributed by atoms with Crippen molar-refractivity contribution in [3.8, 4) is 0 Å². The van der Waals surface area contributed by atoms with Crippen LogP contribution in [0.25, 0.3) is 0 Å². The lowest BCUT2D eigenvalue weighted by molar-refractivity contribution is 0.404. The molecule has 36 valence electrons. The minimum absolute atomic E-state index is 2.68. The van der Waals surface area contributed by atoms with Gasteiger partial charge in [0.1, 0.15) is 0 Å². The predicted molar refractivity (Wildman–Crippen MR) is 25.3 cm³/mol. The molecule has 0 radical (unpaired) electrons. The smallest absolute Gasteiger partial charge is 0.427 e. The minimum Gasteiger partial charge on any atom is -0.427 e. The Balaban J connectivity index is 5.04. The summed E-state index contributed by atoms with van der Waals surface area (Å²) in [6.07, 6.45) is -6.55. The quantitative estimate of drug-likeness (QED) is 0.469. The highest BCUT2D eigenvalue weighted by Gasteiger charge is 2.00. The van der Waals surface area contributed by atoms with Crippen molar-refractivity contribution in [1.82, 2.24) is 0 Å². The van der Waals surface area contributed by atoms with Crippen molar-refractivity contribution in [3.63, 3.8) is 0 Å². The van der Waals surface area contributed by atoms with E-state index in [0.717, 1.165) is 0 Å². The summed E-state index contributed by atoms with van der Waals surface area (Å²) >= 11 is 0. The molecule has 0 heterocycles. The van der Waals surface area contributed by atoms with Crippen molar-refractivity contribution in [1.29, 1.82) is 0 Å². The maximum atomic E-state index is 8.47. The molecule has 0 atom stereocenters. The number of rotatable bonds is 2. The Morgan fingerprint density at radius 3 is 2.83 bits per heavy atom. The summed E-state index contributed by atoms with van der Waals surface area (Å²) in [5.41, 5.74) is 0. The molecule has 0 spiro atoms. The molecule has 0 unspecified atom stereocenters. The fourth-order valence-corrected chi connectivity index (χ4v) is 0.0645. The zero-order chi connectivity index (χ0) is 11.1. The van der Waals surface area contributed by atoms with Crippen LogP contribution >= 0.6 is 0 Å². The highest BCUT2D eigenvalue weighted by atomic mass is 16.4. The van der Waals surface area contributed by atoms with Crippen molar-refractivity contribution in [3.05, 3.63) is 0 Å². The van der Waals surface area contributed by atoms with Gasteiger partial charge in [0.05, 0.1) is 0 Å². The lowest BCUT2D eigenvalue weighted by Crippen LogP contribution is -2.08. The number of hydrogen-bond donors (Lipinski definition) is 2. The molecule has 0 saturated heterocycles. The van der Waals surface area contributed by atoms with Gasteiger partial charge in [-0.3, -0.25) is 0 Å². The average molecular weight is 95.0 g/mol. The van der Waals surface area contributed by atoms with Gasteiger partial charge >= 0.3 is 7.12 Å². The van der Waals surface area contributed by atoms with E-state index in [0.29, 0.717) is 0 Å². The number of hydrogen-bond acceptors (Lipinski definition) is 2. The van der Waals surface area contributed by atoms with E-state index >= 15 is 0 Å². The van der Waals surface area contributed by atoms with E-state index in [2.05, 4.69) is 0 Å².